The Morgan fingerprint density at radius 2 is 2.10 bits per heavy atom. The van der Waals surface area contributed by atoms with Crippen molar-refractivity contribution in [1.29, 1.82) is 0 Å². The van der Waals surface area contributed by atoms with Crippen molar-refractivity contribution >= 4 is 27.8 Å². The van der Waals surface area contributed by atoms with Crippen molar-refractivity contribution in [2.75, 3.05) is 26.9 Å². The van der Waals surface area contributed by atoms with E-state index in [2.05, 4.69) is 21.2 Å². The van der Waals surface area contributed by atoms with Crippen LogP contribution in [0.2, 0.25) is 0 Å². The van der Waals surface area contributed by atoms with Crippen LogP contribution in [-0.4, -0.2) is 43.9 Å². The molecule has 6 nitrogen and oxygen atoms in total. The zero-order valence-electron chi connectivity index (χ0n) is 11.9. The lowest BCUT2D eigenvalue weighted by Gasteiger charge is -2.12. The minimum atomic E-state index is -1.10. The van der Waals surface area contributed by atoms with Gasteiger partial charge in [-0.2, -0.15) is 0 Å². The van der Waals surface area contributed by atoms with Crippen molar-refractivity contribution in [1.82, 2.24) is 5.32 Å². The molecule has 0 aliphatic rings. The molecule has 1 amide bonds. The number of halogens is 1. The number of methoxy groups -OCH3 is 1. The Kier molecular flexibility index (Phi) is 7.18. The van der Waals surface area contributed by atoms with E-state index in [1.165, 1.54) is 6.07 Å². The molecule has 116 valence electrons. The number of amides is 1. The first-order chi connectivity index (χ1) is 9.95. The first kappa shape index (κ1) is 17.5. The van der Waals surface area contributed by atoms with Crippen molar-refractivity contribution in [3.8, 4) is 5.75 Å². The molecule has 0 aromatic heterocycles. The van der Waals surface area contributed by atoms with E-state index in [1.54, 1.807) is 20.1 Å². The van der Waals surface area contributed by atoms with Crippen molar-refractivity contribution in [2.24, 2.45) is 0 Å². The largest absolute Gasteiger partial charge is 0.483 e. The summed E-state index contributed by atoms with van der Waals surface area (Å²) in [7, 11) is 1.59. The Bertz CT molecular complexity index is 518. The molecule has 0 aliphatic carbocycles. The third-order valence-corrected chi connectivity index (χ3v) is 3.12. The number of benzene rings is 1. The molecule has 0 saturated heterocycles. The van der Waals surface area contributed by atoms with Crippen LogP contribution in [0.15, 0.2) is 16.6 Å². The summed E-state index contributed by atoms with van der Waals surface area (Å²) < 4.78 is 10.9. The van der Waals surface area contributed by atoms with E-state index < -0.39 is 5.97 Å². The molecule has 7 heteroatoms. The molecule has 0 radical (unpaired) electrons. The van der Waals surface area contributed by atoms with E-state index in [0.29, 0.717) is 29.6 Å². The standard InChI is InChI=1S/C14H18BrNO5/c1-9-6-10(15)7-11(14(18)19)13(9)21-8-12(17)16-4-3-5-20-2/h6-7H,3-5,8H2,1-2H3,(H,16,17)(H,18,19). The SMILES string of the molecule is COCCCNC(=O)COc1c(C)cc(Br)cc1C(=O)O. The maximum absolute atomic E-state index is 11.6. The number of carbonyl (C=O) groups excluding carboxylic acids is 1. The van der Waals surface area contributed by atoms with Gasteiger partial charge in [0.05, 0.1) is 0 Å². The van der Waals surface area contributed by atoms with E-state index in [-0.39, 0.29) is 23.8 Å². The summed E-state index contributed by atoms with van der Waals surface area (Å²) in [6.45, 7) is 2.55. The normalized spacial score (nSPS) is 10.2. The van der Waals surface area contributed by atoms with E-state index >= 15 is 0 Å². The van der Waals surface area contributed by atoms with Crippen molar-refractivity contribution < 1.29 is 24.2 Å². The molecule has 1 rings (SSSR count). The molecule has 21 heavy (non-hydrogen) atoms. The van der Waals surface area contributed by atoms with Crippen molar-refractivity contribution in [3.05, 3.63) is 27.7 Å². The van der Waals surface area contributed by atoms with Gasteiger partial charge in [-0.25, -0.2) is 4.79 Å². The van der Waals surface area contributed by atoms with Crippen LogP contribution in [0.1, 0.15) is 22.3 Å². The van der Waals surface area contributed by atoms with Gasteiger partial charge in [0, 0.05) is 24.7 Å². The van der Waals surface area contributed by atoms with Crippen LogP contribution in [0.25, 0.3) is 0 Å². The number of carboxylic acids is 1. The predicted molar refractivity (Wildman–Crippen MR) is 80.8 cm³/mol. The highest BCUT2D eigenvalue weighted by atomic mass is 79.9. The summed E-state index contributed by atoms with van der Waals surface area (Å²) in [5.41, 5.74) is 0.669. The number of hydrogen-bond donors (Lipinski definition) is 2. The number of nitrogens with one attached hydrogen (secondary N) is 1. The van der Waals surface area contributed by atoms with Crippen LogP contribution in [0, 0.1) is 6.92 Å². The lowest BCUT2D eigenvalue weighted by Crippen LogP contribution is -2.30. The number of carboxylic acid groups (broad SMARTS) is 1. The molecule has 1 aromatic carbocycles. The Morgan fingerprint density at radius 3 is 2.71 bits per heavy atom. The third kappa shape index (κ3) is 5.73. The van der Waals surface area contributed by atoms with Gasteiger partial charge in [-0.05, 0) is 31.0 Å². The third-order valence-electron chi connectivity index (χ3n) is 2.66. The highest BCUT2D eigenvalue weighted by molar-refractivity contribution is 9.10. The van der Waals surface area contributed by atoms with Gasteiger partial charge in [0.2, 0.25) is 0 Å². The summed E-state index contributed by atoms with van der Waals surface area (Å²) in [4.78, 5) is 22.8. The highest BCUT2D eigenvalue weighted by Crippen LogP contribution is 2.28. The fourth-order valence-corrected chi connectivity index (χ4v) is 2.29. The highest BCUT2D eigenvalue weighted by Gasteiger charge is 2.16. The number of carbonyl (C=O) groups is 2. The Morgan fingerprint density at radius 1 is 1.38 bits per heavy atom. The monoisotopic (exact) mass is 359 g/mol. The average molecular weight is 360 g/mol. The molecule has 0 bridgehead atoms. The molecular weight excluding hydrogens is 342 g/mol. The maximum Gasteiger partial charge on any atom is 0.339 e. The second-order valence-corrected chi connectivity index (χ2v) is 5.31. The van der Waals surface area contributed by atoms with Crippen LogP contribution in [0.4, 0.5) is 0 Å². The summed E-state index contributed by atoms with van der Waals surface area (Å²) in [6.07, 6.45) is 0.708. The van der Waals surface area contributed by atoms with Crippen LogP contribution in [-0.2, 0) is 9.53 Å². The predicted octanol–water partition coefficient (Wildman–Crippen LogP) is 1.99. The van der Waals surface area contributed by atoms with Gasteiger partial charge in [0.15, 0.2) is 6.61 Å². The second kappa shape index (κ2) is 8.63. The molecule has 0 fully saturated rings. The minimum absolute atomic E-state index is 0.0223. The van der Waals surface area contributed by atoms with Crippen LogP contribution < -0.4 is 10.1 Å². The van der Waals surface area contributed by atoms with E-state index in [9.17, 15) is 9.59 Å². The topological polar surface area (TPSA) is 84.9 Å². The zero-order valence-corrected chi connectivity index (χ0v) is 13.5. The van der Waals surface area contributed by atoms with Crippen LogP contribution >= 0.6 is 15.9 Å². The molecule has 0 atom stereocenters. The molecule has 0 spiro atoms. The fourth-order valence-electron chi connectivity index (χ4n) is 1.71. The van der Waals surface area contributed by atoms with Crippen LogP contribution in [0.5, 0.6) is 5.75 Å². The lowest BCUT2D eigenvalue weighted by atomic mass is 10.1. The molecule has 2 N–H and O–H groups in total. The average Bonchev–Trinajstić information content (AvgIpc) is 2.41. The first-order valence-corrected chi connectivity index (χ1v) is 7.17. The van der Waals surface area contributed by atoms with Gasteiger partial charge in [0.25, 0.3) is 5.91 Å². The number of aromatic carboxylic acids is 1. The summed E-state index contributed by atoms with van der Waals surface area (Å²) in [5, 5.41) is 11.8. The smallest absolute Gasteiger partial charge is 0.339 e. The van der Waals surface area contributed by atoms with Gasteiger partial charge in [-0.1, -0.05) is 15.9 Å². The van der Waals surface area contributed by atoms with E-state index in [4.69, 9.17) is 14.6 Å². The molecule has 0 heterocycles. The molecule has 0 unspecified atom stereocenters. The lowest BCUT2D eigenvalue weighted by molar-refractivity contribution is -0.123. The van der Waals surface area contributed by atoms with Gasteiger partial charge >= 0.3 is 5.97 Å². The Hall–Kier alpha value is -1.60. The van der Waals surface area contributed by atoms with E-state index in [1.807, 2.05) is 0 Å². The minimum Gasteiger partial charge on any atom is -0.483 e. The summed E-state index contributed by atoms with van der Waals surface area (Å²) in [6, 6.07) is 3.18. The zero-order chi connectivity index (χ0) is 15.8. The molecule has 1 aromatic rings. The van der Waals surface area contributed by atoms with Crippen LogP contribution in [0.3, 0.4) is 0 Å². The summed E-state index contributed by atoms with van der Waals surface area (Å²) >= 11 is 3.23. The number of ether oxygens (including phenoxy) is 2. The number of aryl methyl sites for hydroxylation is 1. The van der Waals surface area contributed by atoms with E-state index in [0.717, 1.165) is 0 Å². The quantitative estimate of drug-likeness (QED) is 0.693. The number of hydrogen-bond acceptors (Lipinski definition) is 4. The van der Waals surface area contributed by atoms with Gasteiger partial charge < -0.3 is 19.9 Å². The molecular formula is C14H18BrNO5. The Labute approximate surface area is 131 Å². The van der Waals surface area contributed by atoms with Gasteiger partial charge in [-0.15, -0.1) is 0 Å². The summed E-state index contributed by atoms with van der Waals surface area (Å²) in [5.74, 6) is -1.20. The van der Waals surface area contributed by atoms with Crippen molar-refractivity contribution in [2.45, 2.75) is 13.3 Å². The molecule has 0 saturated carbocycles. The fraction of sp³-hybridized carbons (Fsp3) is 0.429. The Balaban J connectivity index is 2.62. The number of rotatable bonds is 8. The maximum atomic E-state index is 11.6. The first-order valence-electron chi connectivity index (χ1n) is 6.37. The van der Waals surface area contributed by atoms with Crippen molar-refractivity contribution in [3.63, 3.8) is 0 Å². The van der Waals surface area contributed by atoms with Gasteiger partial charge in [-0.3, -0.25) is 4.79 Å². The molecule has 0 aliphatic heterocycles. The van der Waals surface area contributed by atoms with Gasteiger partial charge in [0.1, 0.15) is 11.3 Å². The second-order valence-electron chi connectivity index (χ2n) is 4.39.